The Morgan fingerprint density at radius 1 is 1.00 bits per heavy atom. The molecule has 2 heterocycles. The third kappa shape index (κ3) is 5.05. The van der Waals surface area contributed by atoms with Gasteiger partial charge in [-0.1, -0.05) is 65.7 Å². The zero-order valence-corrected chi connectivity index (χ0v) is 19.3. The Labute approximate surface area is 196 Å². The zero-order chi connectivity index (χ0) is 21.8. The lowest BCUT2D eigenvalue weighted by Gasteiger charge is -2.17. The molecule has 0 fully saturated rings. The molecule has 0 spiro atoms. The monoisotopic (exact) mass is 469 g/mol. The predicted molar refractivity (Wildman–Crippen MR) is 128 cm³/mol. The minimum atomic E-state index is 0.511. The molecule has 158 valence electrons. The van der Waals surface area contributed by atoms with E-state index in [1.54, 1.807) is 18.5 Å². The minimum Gasteiger partial charge on any atom is -0.295 e. The molecular weight excluding hydrogens is 449 g/mol. The Bertz CT molecular complexity index is 1220. The summed E-state index contributed by atoms with van der Waals surface area (Å²) in [4.78, 5) is 6.35. The van der Waals surface area contributed by atoms with Gasteiger partial charge in [0, 0.05) is 24.5 Å². The highest BCUT2D eigenvalue weighted by atomic mass is 35.5. The van der Waals surface area contributed by atoms with E-state index in [4.69, 9.17) is 40.5 Å². The highest BCUT2D eigenvalue weighted by Crippen LogP contribution is 2.26. The maximum Gasteiger partial charge on any atom is 0.199 e. The van der Waals surface area contributed by atoms with Crippen LogP contribution in [0, 0.1) is 4.77 Å². The quantitative estimate of drug-likeness (QED) is 0.314. The Morgan fingerprint density at radius 2 is 1.81 bits per heavy atom. The summed E-state index contributed by atoms with van der Waals surface area (Å²) < 4.78 is 4.52. The standard InChI is InChI=1S/C23H21Cl2N5S/c1-28(15-19-9-5-11-20(24)21(19)25)16-30-23(31)29(14-17-7-3-2-4-8-17)22(27-30)18-10-6-12-26-13-18/h2-13H,14-16H2,1H3. The van der Waals surface area contributed by atoms with Gasteiger partial charge in [0.1, 0.15) is 0 Å². The van der Waals surface area contributed by atoms with Gasteiger partial charge in [-0.25, -0.2) is 4.68 Å². The van der Waals surface area contributed by atoms with Gasteiger partial charge in [-0.05, 0) is 48.6 Å². The fourth-order valence-corrected chi connectivity index (χ4v) is 4.02. The van der Waals surface area contributed by atoms with Crippen molar-refractivity contribution in [1.29, 1.82) is 0 Å². The number of aromatic nitrogens is 4. The molecule has 0 saturated heterocycles. The second-order valence-corrected chi connectivity index (χ2v) is 8.44. The summed E-state index contributed by atoms with van der Waals surface area (Å²) >= 11 is 18.3. The lowest BCUT2D eigenvalue weighted by molar-refractivity contribution is 0.244. The molecule has 2 aromatic carbocycles. The van der Waals surface area contributed by atoms with E-state index in [1.807, 2.05) is 58.8 Å². The molecule has 0 radical (unpaired) electrons. The number of benzene rings is 2. The van der Waals surface area contributed by atoms with Crippen LogP contribution < -0.4 is 0 Å². The Hall–Kier alpha value is -2.51. The van der Waals surface area contributed by atoms with Crippen molar-refractivity contribution in [2.45, 2.75) is 19.8 Å². The summed E-state index contributed by atoms with van der Waals surface area (Å²) in [6, 6.07) is 19.8. The summed E-state index contributed by atoms with van der Waals surface area (Å²) in [5, 5.41) is 5.96. The van der Waals surface area contributed by atoms with Gasteiger partial charge in [0.15, 0.2) is 10.6 Å². The van der Waals surface area contributed by atoms with Gasteiger partial charge in [-0.3, -0.25) is 14.5 Å². The number of pyridine rings is 1. The second kappa shape index (κ2) is 9.75. The highest BCUT2D eigenvalue weighted by molar-refractivity contribution is 7.71. The average Bonchev–Trinajstić information content (AvgIpc) is 3.08. The lowest BCUT2D eigenvalue weighted by Crippen LogP contribution is -2.23. The maximum absolute atomic E-state index is 6.36. The predicted octanol–water partition coefficient (Wildman–Crippen LogP) is 5.92. The molecule has 5 nitrogen and oxygen atoms in total. The highest BCUT2D eigenvalue weighted by Gasteiger charge is 2.15. The van der Waals surface area contributed by atoms with Crippen LogP contribution in [0.25, 0.3) is 11.4 Å². The van der Waals surface area contributed by atoms with Gasteiger partial charge in [-0.2, -0.15) is 5.10 Å². The van der Waals surface area contributed by atoms with Gasteiger partial charge in [0.25, 0.3) is 0 Å². The van der Waals surface area contributed by atoms with E-state index >= 15 is 0 Å². The van der Waals surface area contributed by atoms with Crippen molar-refractivity contribution in [3.63, 3.8) is 0 Å². The molecule has 0 aliphatic carbocycles. The number of rotatable bonds is 7. The number of halogens is 2. The van der Waals surface area contributed by atoms with Crippen LogP contribution in [0.5, 0.6) is 0 Å². The van der Waals surface area contributed by atoms with Gasteiger partial charge in [0.2, 0.25) is 0 Å². The molecule has 8 heteroatoms. The maximum atomic E-state index is 6.36. The van der Waals surface area contributed by atoms with Crippen molar-refractivity contribution in [2.75, 3.05) is 7.05 Å². The Balaban J connectivity index is 1.65. The van der Waals surface area contributed by atoms with Crippen LogP contribution in [0.15, 0.2) is 73.1 Å². The Morgan fingerprint density at radius 3 is 2.55 bits per heavy atom. The largest absolute Gasteiger partial charge is 0.295 e. The van der Waals surface area contributed by atoms with Crippen LogP contribution in [0.3, 0.4) is 0 Å². The zero-order valence-electron chi connectivity index (χ0n) is 16.9. The summed E-state index contributed by atoms with van der Waals surface area (Å²) in [6.07, 6.45) is 3.55. The summed E-state index contributed by atoms with van der Waals surface area (Å²) in [7, 11) is 2.00. The molecule has 0 atom stereocenters. The first-order valence-electron chi connectivity index (χ1n) is 9.76. The van der Waals surface area contributed by atoms with Crippen LogP contribution in [0.2, 0.25) is 10.0 Å². The Kier molecular flexibility index (Phi) is 6.83. The number of hydrogen-bond acceptors (Lipinski definition) is 4. The molecule has 4 rings (SSSR count). The van der Waals surface area contributed by atoms with E-state index in [0.717, 1.165) is 22.5 Å². The summed E-state index contributed by atoms with van der Waals surface area (Å²) in [6.45, 7) is 1.76. The third-order valence-corrected chi connectivity index (χ3v) is 6.16. The SMILES string of the molecule is CN(Cc1cccc(Cl)c1Cl)Cn1nc(-c2cccnc2)n(Cc2ccccc2)c1=S. The van der Waals surface area contributed by atoms with E-state index < -0.39 is 0 Å². The van der Waals surface area contributed by atoms with Crippen LogP contribution in [-0.2, 0) is 19.8 Å². The van der Waals surface area contributed by atoms with E-state index in [1.165, 1.54) is 0 Å². The molecular formula is C23H21Cl2N5S. The van der Waals surface area contributed by atoms with Crippen LogP contribution in [-0.4, -0.2) is 31.3 Å². The second-order valence-electron chi connectivity index (χ2n) is 7.29. The van der Waals surface area contributed by atoms with Crippen molar-refractivity contribution in [3.05, 3.63) is 99.0 Å². The molecule has 2 aromatic heterocycles. The van der Waals surface area contributed by atoms with Gasteiger partial charge >= 0.3 is 0 Å². The van der Waals surface area contributed by atoms with Gasteiger partial charge in [0.05, 0.1) is 23.3 Å². The first-order chi connectivity index (χ1) is 15.0. The molecule has 0 aliphatic heterocycles. The number of nitrogens with zero attached hydrogens (tertiary/aromatic N) is 5. The third-order valence-electron chi connectivity index (χ3n) is 4.87. The fraction of sp³-hybridized carbons (Fsp3) is 0.174. The fourth-order valence-electron chi connectivity index (χ4n) is 3.39. The first kappa shape index (κ1) is 21.7. The van der Waals surface area contributed by atoms with Crippen molar-refractivity contribution >= 4 is 35.4 Å². The van der Waals surface area contributed by atoms with Crippen LogP contribution >= 0.6 is 35.4 Å². The molecule has 31 heavy (non-hydrogen) atoms. The van der Waals surface area contributed by atoms with Crippen LogP contribution in [0.1, 0.15) is 11.1 Å². The summed E-state index contributed by atoms with van der Waals surface area (Å²) in [5.74, 6) is 0.788. The first-order valence-corrected chi connectivity index (χ1v) is 10.9. The van der Waals surface area contributed by atoms with Crippen molar-refractivity contribution < 1.29 is 0 Å². The topological polar surface area (TPSA) is 38.9 Å². The molecule has 0 N–H and O–H groups in total. The van der Waals surface area contributed by atoms with Crippen molar-refractivity contribution in [2.24, 2.45) is 0 Å². The molecule has 0 aliphatic rings. The minimum absolute atomic E-state index is 0.511. The van der Waals surface area contributed by atoms with Crippen molar-refractivity contribution in [1.82, 2.24) is 24.2 Å². The smallest absolute Gasteiger partial charge is 0.199 e. The van der Waals surface area contributed by atoms with E-state index in [0.29, 0.717) is 34.6 Å². The lowest BCUT2D eigenvalue weighted by atomic mass is 10.2. The molecule has 0 unspecified atom stereocenters. The molecule has 0 saturated carbocycles. The van der Waals surface area contributed by atoms with E-state index in [9.17, 15) is 0 Å². The normalized spacial score (nSPS) is 11.2. The van der Waals surface area contributed by atoms with E-state index in [-0.39, 0.29) is 0 Å². The van der Waals surface area contributed by atoms with Gasteiger partial charge < -0.3 is 0 Å². The van der Waals surface area contributed by atoms with Crippen molar-refractivity contribution in [3.8, 4) is 11.4 Å². The van der Waals surface area contributed by atoms with Gasteiger partial charge in [-0.15, -0.1) is 0 Å². The molecule has 0 amide bonds. The molecule has 0 bridgehead atoms. The number of hydrogen-bond donors (Lipinski definition) is 0. The van der Waals surface area contributed by atoms with E-state index in [2.05, 4.69) is 22.0 Å². The van der Waals surface area contributed by atoms with Crippen LogP contribution in [0.4, 0.5) is 0 Å². The average molecular weight is 470 g/mol. The molecule has 4 aromatic rings. The summed E-state index contributed by atoms with van der Waals surface area (Å²) in [5.41, 5.74) is 3.03.